The third-order valence-corrected chi connectivity index (χ3v) is 2.16. The monoisotopic (exact) mass is 129 g/mol. The summed E-state index contributed by atoms with van der Waals surface area (Å²) in [5.74, 6) is 0.477. The standard InChI is InChI=1S/C7H15NO/c1-3-8-5-4-6(2)7(8)9/h6-7,9H,3-5H2,1-2H3. The second-order valence-electron chi connectivity index (χ2n) is 2.81. The molecule has 0 aliphatic carbocycles. The lowest BCUT2D eigenvalue weighted by atomic mass is 10.1. The molecule has 1 aliphatic heterocycles. The molecule has 0 saturated carbocycles. The maximum atomic E-state index is 9.38. The maximum absolute atomic E-state index is 9.38. The molecular formula is C7H15NO. The average molecular weight is 129 g/mol. The summed E-state index contributed by atoms with van der Waals surface area (Å²) in [6.45, 7) is 6.23. The van der Waals surface area contributed by atoms with Gasteiger partial charge < -0.3 is 5.11 Å². The van der Waals surface area contributed by atoms with Crippen LogP contribution in [-0.4, -0.2) is 29.3 Å². The van der Waals surface area contributed by atoms with Crippen LogP contribution in [0.4, 0.5) is 0 Å². The first-order chi connectivity index (χ1) is 4.25. The first-order valence-electron chi connectivity index (χ1n) is 3.67. The molecule has 0 aromatic heterocycles. The van der Waals surface area contributed by atoms with Gasteiger partial charge in [0, 0.05) is 6.54 Å². The van der Waals surface area contributed by atoms with Crippen LogP contribution >= 0.6 is 0 Å². The van der Waals surface area contributed by atoms with Crippen LogP contribution in [0.1, 0.15) is 20.3 Å². The van der Waals surface area contributed by atoms with Crippen LogP contribution in [0.25, 0.3) is 0 Å². The zero-order chi connectivity index (χ0) is 6.85. The molecule has 1 N–H and O–H groups in total. The largest absolute Gasteiger partial charge is 0.378 e. The minimum absolute atomic E-state index is 0.171. The Morgan fingerprint density at radius 2 is 2.33 bits per heavy atom. The average Bonchev–Trinajstić information content (AvgIpc) is 2.15. The van der Waals surface area contributed by atoms with E-state index in [9.17, 15) is 5.11 Å². The Labute approximate surface area is 56.5 Å². The molecule has 9 heavy (non-hydrogen) atoms. The fourth-order valence-corrected chi connectivity index (χ4v) is 1.36. The van der Waals surface area contributed by atoms with Gasteiger partial charge in [0.1, 0.15) is 6.23 Å². The van der Waals surface area contributed by atoms with Crippen molar-refractivity contribution in [3.8, 4) is 0 Å². The molecule has 0 amide bonds. The van der Waals surface area contributed by atoms with Gasteiger partial charge in [-0.2, -0.15) is 0 Å². The summed E-state index contributed by atoms with van der Waals surface area (Å²) in [4.78, 5) is 2.10. The molecule has 1 rings (SSSR count). The first kappa shape index (κ1) is 7.03. The molecule has 1 fully saturated rings. The zero-order valence-corrected chi connectivity index (χ0v) is 6.17. The topological polar surface area (TPSA) is 23.5 Å². The molecule has 2 atom stereocenters. The third kappa shape index (κ3) is 1.25. The highest BCUT2D eigenvalue weighted by molar-refractivity contribution is 4.75. The molecule has 0 aromatic rings. The Balaban J connectivity index is 2.41. The van der Waals surface area contributed by atoms with Crippen LogP contribution in [0.5, 0.6) is 0 Å². The maximum Gasteiger partial charge on any atom is 0.110 e. The van der Waals surface area contributed by atoms with Gasteiger partial charge in [-0.25, -0.2) is 0 Å². The Morgan fingerprint density at radius 3 is 2.56 bits per heavy atom. The van der Waals surface area contributed by atoms with Gasteiger partial charge in [-0.05, 0) is 18.9 Å². The van der Waals surface area contributed by atoms with E-state index in [4.69, 9.17) is 0 Å². The molecule has 2 unspecified atom stereocenters. The van der Waals surface area contributed by atoms with Gasteiger partial charge in [-0.1, -0.05) is 13.8 Å². The summed E-state index contributed by atoms with van der Waals surface area (Å²) >= 11 is 0. The summed E-state index contributed by atoms with van der Waals surface area (Å²) in [5, 5.41) is 9.38. The van der Waals surface area contributed by atoms with E-state index in [1.54, 1.807) is 0 Å². The van der Waals surface area contributed by atoms with E-state index >= 15 is 0 Å². The Bertz CT molecular complexity index is 94.9. The van der Waals surface area contributed by atoms with Gasteiger partial charge in [-0.3, -0.25) is 4.90 Å². The Hall–Kier alpha value is -0.0800. The summed E-state index contributed by atoms with van der Waals surface area (Å²) in [6.07, 6.45) is 0.977. The van der Waals surface area contributed by atoms with Crippen LogP contribution < -0.4 is 0 Å². The van der Waals surface area contributed by atoms with Crippen molar-refractivity contribution in [1.82, 2.24) is 4.90 Å². The molecule has 0 radical (unpaired) electrons. The summed E-state index contributed by atoms with van der Waals surface area (Å²) in [5.41, 5.74) is 0. The fraction of sp³-hybridized carbons (Fsp3) is 1.00. The molecule has 0 spiro atoms. The minimum atomic E-state index is -0.171. The van der Waals surface area contributed by atoms with E-state index in [2.05, 4.69) is 18.7 Å². The second-order valence-corrected chi connectivity index (χ2v) is 2.81. The number of likely N-dealkylation sites (tertiary alicyclic amines) is 1. The van der Waals surface area contributed by atoms with E-state index in [0.29, 0.717) is 5.92 Å². The van der Waals surface area contributed by atoms with E-state index < -0.39 is 0 Å². The lowest BCUT2D eigenvalue weighted by Gasteiger charge is -2.18. The smallest absolute Gasteiger partial charge is 0.110 e. The molecule has 2 heteroatoms. The Morgan fingerprint density at radius 1 is 1.67 bits per heavy atom. The van der Waals surface area contributed by atoms with Crippen LogP contribution in [0.3, 0.4) is 0 Å². The van der Waals surface area contributed by atoms with Crippen LogP contribution in [0.15, 0.2) is 0 Å². The number of rotatable bonds is 1. The van der Waals surface area contributed by atoms with Crippen LogP contribution in [-0.2, 0) is 0 Å². The van der Waals surface area contributed by atoms with E-state index in [1.165, 1.54) is 0 Å². The number of aliphatic hydroxyl groups is 1. The van der Waals surface area contributed by atoms with E-state index in [-0.39, 0.29) is 6.23 Å². The van der Waals surface area contributed by atoms with Gasteiger partial charge in [-0.15, -0.1) is 0 Å². The van der Waals surface area contributed by atoms with Crippen molar-refractivity contribution < 1.29 is 5.11 Å². The zero-order valence-electron chi connectivity index (χ0n) is 6.17. The van der Waals surface area contributed by atoms with Crippen molar-refractivity contribution in [2.75, 3.05) is 13.1 Å². The van der Waals surface area contributed by atoms with Crippen molar-refractivity contribution >= 4 is 0 Å². The highest BCUT2D eigenvalue weighted by Gasteiger charge is 2.27. The van der Waals surface area contributed by atoms with Gasteiger partial charge in [0.15, 0.2) is 0 Å². The number of aliphatic hydroxyl groups excluding tert-OH is 1. The van der Waals surface area contributed by atoms with Crippen molar-refractivity contribution in [2.45, 2.75) is 26.5 Å². The van der Waals surface area contributed by atoms with Gasteiger partial charge >= 0.3 is 0 Å². The molecule has 1 saturated heterocycles. The molecular weight excluding hydrogens is 114 g/mol. The highest BCUT2D eigenvalue weighted by atomic mass is 16.3. The van der Waals surface area contributed by atoms with Gasteiger partial charge in [0.25, 0.3) is 0 Å². The number of nitrogens with zero attached hydrogens (tertiary/aromatic N) is 1. The second kappa shape index (κ2) is 2.67. The highest BCUT2D eigenvalue weighted by Crippen LogP contribution is 2.20. The summed E-state index contributed by atoms with van der Waals surface area (Å²) in [6, 6.07) is 0. The van der Waals surface area contributed by atoms with Gasteiger partial charge in [0.05, 0.1) is 0 Å². The third-order valence-electron chi connectivity index (χ3n) is 2.16. The minimum Gasteiger partial charge on any atom is -0.378 e. The molecule has 1 aliphatic rings. The van der Waals surface area contributed by atoms with E-state index in [0.717, 1.165) is 19.5 Å². The quantitative estimate of drug-likeness (QED) is 0.562. The Kier molecular flexibility index (Phi) is 2.09. The lowest BCUT2D eigenvalue weighted by molar-refractivity contribution is 0.0159. The van der Waals surface area contributed by atoms with Crippen LogP contribution in [0.2, 0.25) is 0 Å². The molecule has 54 valence electrons. The van der Waals surface area contributed by atoms with E-state index in [1.807, 2.05) is 0 Å². The van der Waals surface area contributed by atoms with Crippen molar-refractivity contribution in [2.24, 2.45) is 5.92 Å². The molecule has 1 heterocycles. The number of hydrogen-bond donors (Lipinski definition) is 1. The summed E-state index contributed by atoms with van der Waals surface area (Å²) < 4.78 is 0. The SMILES string of the molecule is CCN1CCC(C)C1O. The predicted octanol–water partition coefficient (Wildman–Crippen LogP) is 0.666. The summed E-state index contributed by atoms with van der Waals surface area (Å²) in [7, 11) is 0. The molecule has 0 aromatic carbocycles. The van der Waals surface area contributed by atoms with Crippen molar-refractivity contribution in [1.29, 1.82) is 0 Å². The molecule has 0 bridgehead atoms. The lowest BCUT2D eigenvalue weighted by Crippen LogP contribution is -2.31. The number of hydrogen-bond acceptors (Lipinski definition) is 2. The van der Waals surface area contributed by atoms with Gasteiger partial charge in [0.2, 0.25) is 0 Å². The van der Waals surface area contributed by atoms with Crippen molar-refractivity contribution in [3.05, 3.63) is 0 Å². The molecule has 2 nitrogen and oxygen atoms in total. The normalized spacial score (nSPS) is 37.7. The fourth-order valence-electron chi connectivity index (χ4n) is 1.36. The predicted molar refractivity (Wildman–Crippen MR) is 37.0 cm³/mol. The first-order valence-corrected chi connectivity index (χ1v) is 3.67. The van der Waals surface area contributed by atoms with Crippen molar-refractivity contribution in [3.63, 3.8) is 0 Å². The van der Waals surface area contributed by atoms with Crippen LogP contribution in [0, 0.1) is 5.92 Å².